The number of anilines is 1. The van der Waals surface area contributed by atoms with Gasteiger partial charge in [0.25, 0.3) is 5.91 Å². The van der Waals surface area contributed by atoms with Gasteiger partial charge in [-0.2, -0.15) is 0 Å². The van der Waals surface area contributed by atoms with Gasteiger partial charge in [0.15, 0.2) is 0 Å². The third-order valence-electron chi connectivity index (χ3n) is 3.81. The lowest BCUT2D eigenvalue weighted by atomic mass is 10.1. The van der Waals surface area contributed by atoms with Crippen LogP contribution in [0.5, 0.6) is 0 Å². The standard InChI is InChI=1S/C18H14Cl2N2O2/c1-11-13-4-2-3-5-14(13)18(24)22(11)9-8-17(23)21-16-7-6-12(19)10-15(16)20/h2-7,10H,1,8-9H2,(H,21,23). The number of carbonyl (C=O) groups is 2. The number of benzene rings is 2. The summed E-state index contributed by atoms with van der Waals surface area (Å²) in [6.45, 7) is 4.20. The number of hydrogen-bond donors (Lipinski definition) is 1. The van der Waals surface area contributed by atoms with Gasteiger partial charge in [0.1, 0.15) is 0 Å². The number of fused-ring (bicyclic) bond motifs is 1. The number of rotatable bonds is 4. The van der Waals surface area contributed by atoms with E-state index in [0.29, 0.717) is 27.0 Å². The predicted molar refractivity (Wildman–Crippen MR) is 96.2 cm³/mol. The third-order valence-corrected chi connectivity index (χ3v) is 4.35. The molecule has 0 unspecified atom stereocenters. The average Bonchev–Trinajstić information content (AvgIpc) is 2.80. The van der Waals surface area contributed by atoms with E-state index in [1.165, 1.54) is 4.90 Å². The van der Waals surface area contributed by atoms with Crippen LogP contribution in [0.4, 0.5) is 5.69 Å². The van der Waals surface area contributed by atoms with Gasteiger partial charge in [-0.1, -0.05) is 48.0 Å². The topological polar surface area (TPSA) is 49.4 Å². The number of amides is 2. The molecule has 0 radical (unpaired) electrons. The molecule has 6 heteroatoms. The summed E-state index contributed by atoms with van der Waals surface area (Å²) in [5, 5.41) is 3.58. The number of nitrogens with zero attached hydrogens (tertiary/aromatic N) is 1. The Bertz CT molecular complexity index is 814. The second-order valence-corrected chi connectivity index (χ2v) is 6.22. The Morgan fingerprint density at radius 1 is 1.12 bits per heavy atom. The molecular weight excluding hydrogens is 347 g/mol. The van der Waals surface area contributed by atoms with E-state index in [1.807, 2.05) is 18.2 Å². The van der Waals surface area contributed by atoms with Gasteiger partial charge < -0.3 is 10.2 Å². The van der Waals surface area contributed by atoms with Gasteiger partial charge in [0, 0.05) is 34.8 Å². The molecule has 1 aliphatic rings. The minimum atomic E-state index is -0.240. The van der Waals surface area contributed by atoms with E-state index in [-0.39, 0.29) is 24.8 Å². The van der Waals surface area contributed by atoms with Gasteiger partial charge in [-0.25, -0.2) is 0 Å². The van der Waals surface area contributed by atoms with Crippen molar-refractivity contribution in [2.45, 2.75) is 6.42 Å². The van der Waals surface area contributed by atoms with Crippen molar-refractivity contribution in [3.8, 4) is 0 Å². The molecule has 0 fully saturated rings. The van der Waals surface area contributed by atoms with Crippen LogP contribution in [-0.4, -0.2) is 23.3 Å². The maximum absolute atomic E-state index is 12.4. The van der Waals surface area contributed by atoms with E-state index in [0.717, 1.165) is 5.56 Å². The summed E-state index contributed by atoms with van der Waals surface area (Å²) in [6.07, 6.45) is 0.137. The molecule has 3 rings (SSSR count). The highest BCUT2D eigenvalue weighted by atomic mass is 35.5. The van der Waals surface area contributed by atoms with Crippen molar-refractivity contribution < 1.29 is 9.59 Å². The summed E-state index contributed by atoms with van der Waals surface area (Å²) in [5.41, 5.74) is 2.53. The molecule has 2 aromatic rings. The highest BCUT2D eigenvalue weighted by molar-refractivity contribution is 6.36. The predicted octanol–water partition coefficient (Wildman–Crippen LogP) is 4.45. The van der Waals surface area contributed by atoms with Gasteiger partial charge >= 0.3 is 0 Å². The monoisotopic (exact) mass is 360 g/mol. The lowest BCUT2D eigenvalue weighted by Gasteiger charge is -2.17. The van der Waals surface area contributed by atoms with Crippen molar-refractivity contribution in [1.29, 1.82) is 0 Å². The fourth-order valence-electron chi connectivity index (χ4n) is 2.59. The van der Waals surface area contributed by atoms with Crippen LogP contribution >= 0.6 is 23.2 Å². The van der Waals surface area contributed by atoms with E-state index in [4.69, 9.17) is 23.2 Å². The summed E-state index contributed by atoms with van der Waals surface area (Å²) in [7, 11) is 0. The summed E-state index contributed by atoms with van der Waals surface area (Å²) < 4.78 is 0. The van der Waals surface area contributed by atoms with Crippen molar-refractivity contribution in [3.05, 3.63) is 70.2 Å². The molecule has 0 aliphatic carbocycles. The summed E-state index contributed by atoms with van der Waals surface area (Å²) in [4.78, 5) is 26.0. The van der Waals surface area contributed by atoms with Gasteiger partial charge in [-0.15, -0.1) is 0 Å². The first-order valence-corrected chi connectivity index (χ1v) is 8.08. The molecule has 1 heterocycles. The molecule has 0 saturated heterocycles. The quantitative estimate of drug-likeness (QED) is 0.875. The smallest absolute Gasteiger partial charge is 0.258 e. The van der Waals surface area contributed by atoms with Gasteiger partial charge in [-0.3, -0.25) is 9.59 Å². The van der Waals surface area contributed by atoms with E-state index in [1.54, 1.807) is 24.3 Å². The number of nitrogens with one attached hydrogen (secondary N) is 1. The van der Waals surface area contributed by atoms with Crippen molar-refractivity contribution in [2.75, 3.05) is 11.9 Å². The van der Waals surface area contributed by atoms with Crippen LogP contribution in [-0.2, 0) is 4.79 Å². The molecule has 122 valence electrons. The molecule has 0 aromatic heterocycles. The summed E-state index contributed by atoms with van der Waals surface area (Å²) in [5.74, 6) is -0.372. The van der Waals surface area contributed by atoms with Gasteiger partial charge in [0.05, 0.1) is 10.7 Å². The largest absolute Gasteiger partial charge is 0.325 e. The zero-order chi connectivity index (χ0) is 17.3. The molecule has 1 aliphatic heterocycles. The second-order valence-electron chi connectivity index (χ2n) is 5.37. The van der Waals surface area contributed by atoms with E-state index in [2.05, 4.69) is 11.9 Å². The van der Waals surface area contributed by atoms with Crippen molar-refractivity contribution >= 4 is 46.4 Å². The number of hydrogen-bond acceptors (Lipinski definition) is 2. The van der Waals surface area contributed by atoms with Crippen LogP contribution in [0.2, 0.25) is 10.0 Å². The lowest BCUT2D eigenvalue weighted by Crippen LogP contribution is -2.27. The molecule has 1 N–H and O–H groups in total. The van der Waals surface area contributed by atoms with Crippen LogP contribution in [0.1, 0.15) is 22.3 Å². The fraction of sp³-hybridized carbons (Fsp3) is 0.111. The normalized spacial score (nSPS) is 13.2. The molecule has 0 spiro atoms. The SMILES string of the molecule is C=C1c2ccccc2C(=O)N1CCC(=O)Nc1ccc(Cl)cc1Cl. The van der Waals surface area contributed by atoms with Crippen LogP contribution < -0.4 is 5.32 Å². The Labute approximate surface area is 149 Å². The molecule has 0 saturated carbocycles. The van der Waals surface area contributed by atoms with E-state index >= 15 is 0 Å². The Kier molecular flexibility index (Phi) is 4.60. The first-order valence-electron chi connectivity index (χ1n) is 7.32. The van der Waals surface area contributed by atoms with Crippen molar-refractivity contribution in [1.82, 2.24) is 4.90 Å². The Morgan fingerprint density at radius 3 is 2.50 bits per heavy atom. The summed E-state index contributed by atoms with van der Waals surface area (Å²) in [6, 6.07) is 12.1. The molecule has 2 amide bonds. The van der Waals surface area contributed by atoms with Gasteiger partial charge in [0.2, 0.25) is 5.91 Å². The Hall–Kier alpha value is -2.30. The van der Waals surface area contributed by atoms with Crippen molar-refractivity contribution in [3.63, 3.8) is 0 Å². The lowest BCUT2D eigenvalue weighted by molar-refractivity contribution is -0.116. The fourth-order valence-corrected chi connectivity index (χ4v) is 3.04. The molecule has 24 heavy (non-hydrogen) atoms. The van der Waals surface area contributed by atoms with Crippen LogP contribution in [0.3, 0.4) is 0 Å². The maximum Gasteiger partial charge on any atom is 0.258 e. The first kappa shape index (κ1) is 16.6. The second kappa shape index (κ2) is 6.67. The van der Waals surface area contributed by atoms with E-state index < -0.39 is 0 Å². The third kappa shape index (κ3) is 3.16. The Balaban J connectivity index is 1.63. The molecule has 0 atom stereocenters. The average molecular weight is 361 g/mol. The Morgan fingerprint density at radius 2 is 1.83 bits per heavy atom. The number of carbonyl (C=O) groups excluding carboxylic acids is 2. The zero-order valence-electron chi connectivity index (χ0n) is 12.7. The van der Waals surface area contributed by atoms with Crippen LogP contribution in [0.25, 0.3) is 5.70 Å². The molecule has 2 aromatic carbocycles. The van der Waals surface area contributed by atoms with Crippen molar-refractivity contribution in [2.24, 2.45) is 0 Å². The minimum Gasteiger partial charge on any atom is -0.325 e. The zero-order valence-corrected chi connectivity index (χ0v) is 14.2. The maximum atomic E-state index is 12.4. The molecule has 4 nitrogen and oxygen atoms in total. The van der Waals surface area contributed by atoms with Crippen LogP contribution in [0, 0.1) is 0 Å². The highest BCUT2D eigenvalue weighted by Crippen LogP contribution is 2.31. The highest BCUT2D eigenvalue weighted by Gasteiger charge is 2.30. The number of halogens is 2. The molecular formula is C18H14Cl2N2O2. The minimum absolute atomic E-state index is 0.132. The first-order chi connectivity index (χ1) is 11.5. The molecule has 0 bridgehead atoms. The summed E-state index contributed by atoms with van der Waals surface area (Å²) >= 11 is 11.9. The van der Waals surface area contributed by atoms with E-state index in [9.17, 15) is 9.59 Å². The van der Waals surface area contributed by atoms with Crippen LogP contribution in [0.15, 0.2) is 49.0 Å². The van der Waals surface area contributed by atoms with Gasteiger partial charge in [-0.05, 0) is 24.3 Å².